The van der Waals surface area contributed by atoms with Crippen LogP contribution in [0.15, 0.2) is 24.3 Å². The zero-order valence-electron chi connectivity index (χ0n) is 11.3. The monoisotopic (exact) mass is 345 g/mol. The lowest BCUT2D eigenvalue weighted by Crippen LogP contribution is -2.43. The van der Waals surface area contributed by atoms with Crippen molar-refractivity contribution in [3.63, 3.8) is 0 Å². The van der Waals surface area contributed by atoms with Gasteiger partial charge in [-0.2, -0.15) is 13.2 Å². The summed E-state index contributed by atoms with van der Waals surface area (Å²) >= 11 is 5.95. The van der Waals surface area contributed by atoms with E-state index in [1.54, 1.807) is 24.3 Å². The number of halogens is 4. The predicted octanol–water partition coefficient (Wildman–Crippen LogP) is 2.90. The molecule has 1 aromatic carbocycles. The molecule has 2 atom stereocenters. The van der Waals surface area contributed by atoms with Crippen LogP contribution in [0.1, 0.15) is 18.6 Å². The molecule has 1 N–H and O–H groups in total. The fraction of sp³-hybridized carbons (Fsp3) is 0.500. The van der Waals surface area contributed by atoms with E-state index < -0.39 is 27.6 Å². The minimum absolute atomic E-state index is 0.340. The molecular formula is C12H15ClF3NO3S. The number of alkyl halides is 3. The lowest BCUT2D eigenvalue weighted by atomic mass is 10.1. The SMILES string of the molecule is CO[C@@H](CNS(=O)(=O)[C@@H](C)C(F)(F)F)c1ccccc1Cl. The van der Waals surface area contributed by atoms with Gasteiger partial charge in [-0.25, -0.2) is 13.1 Å². The third-order valence-electron chi connectivity index (χ3n) is 2.93. The van der Waals surface area contributed by atoms with Crippen molar-refractivity contribution in [1.29, 1.82) is 0 Å². The van der Waals surface area contributed by atoms with Crippen molar-refractivity contribution < 1.29 is 26.3 Å². The summed E-state index contributed by atoms with van der Waals surface area (Å²) in [5.41, 5.74) is 0.490. The van der Waals surface area contributed by atoms with E-state index in [2.05, 4.69) is 0 Å². The molecule has 0 heterocycles. The van der Waals surface area contributed by atoms with E-state index in [1.165, 1.54) is 7.11 Å². The second-order valence-electron chi connectivity index (χ2n) is 4.32. The summed E-state index contributed by atoms with van der Waals surface area (Å²) in [6.45, 7) is 0.239. The first-order chi connectivity index (χ1) is 9.59. The van der Waals surface area contributed by atoms with Gasteiger partial charge in [0.05, 0.1) is 6.10 Å². The quantitative estimate of drug-likeness (QED) is 0.862. The molecule has 4 nitrogen and oxygen atoms in total. The molecule has 0 spiro atoms. The van der Waals surface area contributed by atoms with Crippen LogP contribution in [0.25, 0.3) is 0 Å². The number of rotatable bonds is 6. The van der Waals surface area contributed by atoms with Crippen LogP contribution in [0.4, 0.5) is 13.2 Å². The summed E-state index contributed by atoms with van der Waals surface area (Å²) < 4.78 is 67.6. The van der Waals surface area contributed by atoms with Crippen molar-refractivity contribution in [2.24, 2.45) is 0 Å². The molecule has 0 bridgehead atoms. The number of methoxy groups -OCH3 is 1. The van der Waals surface area contributed by atoms with Gasteiger partial charge in [-0.05, 0) is 13.0 Å². The molecule has 0 aromatic heterocycles. The van der Waals surface area contributed by atoms with Crippen LogP contribution in [0.2, 0.25) is 5.02 Å². The summed E-state index contributed by atoms with van der Waals surface area (Å²) in [7, 11) is -3.23. The number of hydrogen-bond acceptors (Lipinski definition) is 3. The van der Waals surface area contributed by atoms with E-state index >= 15 is 0 Å². The van der Waals surface area contributed by atoms with E-state index in [4.69, 9.17) is 16.3 Å². The number of sulfonamides is 1. The highest BCUT2D eigenvalue weighted by atomic mass is 35.5. The first-order valence-electron chi connectivity index (χ1n) is 5.92. The highest BCUT2D eigenvalue weighted by molar-refractivity contribution is 7.90. The Kier molecular flexibility index (Phi) is 6.03. The Morgan fingerprint density at radius 2 is 1.90 bits per heavy atom. The maximum absolute atomic E-state index is 12.5. The first-order valence-corrected chi connectivity index (χ1v) is 7.84. The molecule has 0 fully saturated rings. The maximum Gasteiger partial charge on any atom is 0.406 e. The second-order valence-corrected chi connectivity index (χ2v) is 6.82. The molecule has 9 heteroatoms. The largest absolute Gasteiger partial charge is 0.406 e. The Hall–Kier alpha value is -0.830. The number of hydrogen-bond donors (Lipinski definition) is 1. The molecule has 1 rings (SSSR count). The van der Waals surface area contributed by atoms with Gasteiger partial charge < -0.3 is 4.74 Å². The van der Waals surface area contributed by atoms with Crippen LogP contribution < -0.4 is 4.72 Å². The van der Waals surface area contributed by atoms with E-state index in [1.807, 2.05) is 4.72 Å². The summed E-state index contributed by atoms with van der Waals surface area (Å²) in [6.07, 6.45) is -5.62. The topological polar surface area (TPSA) is 55.4 Å². The molecule has 0 aliphatic rings. The molecule has 0 saturated heterocycles. The predicted molar refractivity (Wildman–Crippen MR) is 73.6 cm³/mol. The van der Waals surface area contributed by atoms with Crippen molar-refractivity contribution in [3.8, 4) is 0 Å². The maximum atomic E-state index is 12.5. The summed E-state index contributed by atoms with van der Waals surface area (Å²) in [4.78, 5) is 0. The number of benzene rings is 1. The Labute approximate surface area is 126 Å². The molecule has 0 amide bonds. The molecule has 0 radical (unpaired) electrons. The standard InChI is InChI=1S/C12H15ClF3NO3S/c1-8(12(14,15)16)21(18,19)17-7-11(20-2)9-5-3-4-6-10(9)13/h3-6,8,11,17H,7H2,1-2H3/t8-,11-/m0/s1. The summed E-state index contributed by atoms with van der Waals surface area (Å²) in [5, 5.41) is -2.17. The molecule has 120 valence electrons. The highest BCUT2D eigenvalue weighted by Crippen LogP contribution is 2.27. The third kappa shape index (κ3) is 4.84. The molecule has 0 unspecified atom stereocenters. The minimum Gasteiger partial charge on any atom is -0.375 e. The Morgan fingerprint density at radius 3 is 2.38 bits per heavy atom. The van der Waals surface area contributed by atoms with Crippen molar-refractivity contribution in [2.75, 3.05) is 13.7 Å². The summed E-state index contributed by atoms with van der Waals surface area (Å²) in [6, 6.07) is 6.53. The molecule has 0 aliphatic heterocycles. The van der Waals surface area contributed by atoms with Gasteiger partial charge in [0.2, 0.25) is 10.0 Å². The van der Waals surface area contributed by atoms with Crippen LogP contribution in [0.5, 0.6) is 0 Å². The zero-order chi connectivity index (χ0) is 16.3. The normalized spacial score (nSPS) is 15.7. The van der Waals surface area contributed by atoms with Crippen molar-refractivity contribution in [3.05, 3.63) is 34.9 Å². The average Bonchev–Trinajstić information content (AvgIpc) is 2.39. The van der Waals surface area contributed by atoms with Crippen LogP contribution in [0.3, 0.4) is 0 Å². The Morgan fingerprint density at radius 1 is 1.33 bits per heavy atom. The van der Waals surface area contributed by atoms with E-state index in [0.29, 0.717) is 17.5 Å². The number of nitrogens with one attached hydrogen (secondary N) is 1. The smallest absolute Gasteiger partial charge is 0.375 e. The van der Waals surface area contributed by atoms with Crippen LogP contribution >= 0.6 is 11.6 Å². The van der Waals surface area contributed by atoms with Gasteiger partial charge in [0, 0.05) is 24.2 Å². The summed E-state index contributed by atoms with van der Waals surface area (Å²) in [5.74, 6) is 0. The Bertz CT molecular complexity index is 577. The minimum atomic E-state index is -4.83. The fourth-order valence-corrected chi connectivity index (χ4v) is 2.79. The lowest BCUT2D eigenvalue weighted by Gasteiger charge is -2.21. The van der Waals surface area contributed by atoms with Gasteiger partial charge in [0.1, 0.15) is 0 Å². The fourth-order valence-electron chi connectivity index (χ4n) is 1.55. The molecule has 0 aliphatic carbocycles. The van der Waals surface area contributed by atoms with Gasteiger partial charge in [0.25, 0.3) is 0 Å². The van der Waals surface area contributed by atoms with Crippen molar-refractivity contribution in [2.45, 2.75) is 24.5 Å². The third-order valence-corrected chi connectivity index (χ3v) is 5.04. The molecule has 1 aromatic rings. The van der Waals surface area contributed by atoms with Gasteiger partial charge in [0.15, 0.2) is 5.25 Å². The van der Waals surface area contributed by atoms with Crippen molar-refractivity contribution >= 4 is 21.6 Å². The molecular weight excluding hydrogens is 331 g/mol. The van der Waals surface area contributed by atoms with Gasteiger partial charge >= 0.3 is 6.18 Å². The lowest BCUT2D eigenvalue weighted by molar-refractivity contribution is -0.127. The highest BCUT2D eigenvalue weighted by Gasteiger charge is 2.45. The van der Waals surface area contributed by atoms with Gasteiger partial charge in [-0.3, -0.25) is 0 Å². The Balaban J connectivity index is 2.84. The second kappa shape index (κ2) is 6.95. The van der Waals surface area contributed by atoms with Crippen LogP contribution in [-0.2, 0) is 14.8 Å². The molecule has 0 saturated carbocycles. The van der Waals surface area contributed by atoms with Gasteiger partial charge in [-0.1, -0.05) is 29.8 Å². The number of ether oxygens (including phenoxy) is 1. The van der Waals surface area contributed by atoms with E-state index in [0.717, 1.165) is 0 Å². The van der Waals surface area contributed by atoms with Crippen molar-refractivity contribution in [1.82, 2.24) is 4.72 Å². The van der Waals surface area contributed by atoms with Gasteiger partial charge in [-0.15, -0.1) is 0 Å². The average molecular weight is 346 g/mol. The first kappa shape index (κ1) is 18.2. The zero-order valence-corrected chi connectivity index (χ0v) is 12.9. The van der Waals surface area contributed by atoms with E-state index in [9.17, 15) is 21.6 Å². The van der Waals surface area contributed by atoms with E-state index in [-0.39, 0.29) is 6.54 Å². The van der Waals surface area contributed by atoms with Crippen LogP contribution in [0, 0.1) is 0 Å². The van der Waals surface area contributed by atoms with Crippen LogP contribution in [-0.4, -0.2) is 33.5 Å². The molecule has 21 heavy (non-hydrogen) atoms.